The highest BCUT2D eigenvalue weighted by atomic mass is 19.4. The van der Waals surface area contributed by atoms with Crippen LogP contribution in [0.2, 0.25) is 0 Å². The normalized spacial score (nSPS) is 14.9. The van der Waals surface area contributed by atoms with Crippen LogP contribution in [0.15, 0.2) is 127 Å². The number of aromatic nitrogens is 6. The number of aryl methyl sites for hydroxylation is 3. The van der Waals surface area contributed by atoms with Gasteiger partial charge in [-0.2, -0.15) is 41.6 Å². The number of halogens is 11. The summed E-state index contributed by atoms with van der Waals surface area (Å²) in [6, 6.07) is 29.7. The first-order valence-electron chi connectivity index (χ1n) is 32.9. The number of benzene rings is 6. The minimum atomic E-state index is -4.70. The molecule has 108 heavy (non-hydrogen) atoms. The van der Waals surface area contributed by atoms with Crippen molar-refractivity contribution in [2.24, 2.45) is 17.2 Å². The highest BCUT2D eigenvalue weighted by Gasteiger charge is 2.59. The van der Waals surface area contributed by atoms with E-state index in [1.54, 1.807) is 76.3 Å². The minimum absolute atomic E-state index is 0. The van der Waals surface area contributed by atoms with Gasteiger partial charge in [0.15, 0.2) is 11.1 Å². The third-order valence-electron chi connectivity index (χ3n) is 18.4. The van der Waals surface area contributed by atoms with E-state index in [0.29, 0.717) is 60.4 Å². The second-order valence-corrected chi connectivity index (χ2v) is 26.2. The number of ether oxygens (including phenoxy) is 1. The molecule has 2 aliphatic rings. The fraction of sp³-hybridized carbons (Fsp3) is 0.311. The molecule has 11 rings (SSSR count). The standard InChI is InChI=1S/C25H25F4N5O3.C25H27F3N6O2.C23H23F4N5O2.CH4/c1-14-2-7-17(26)12-18(14)23(36)32-13-15-3-5-16(6-4-15)20-19(22(31)35)21(30)34(33-20)24(25(27,28)29)8-10-37-11-9-24;1-14-3-8-17(26)11-18(14)24(36)31-12-15-4-6-16(7-5-15)21-20(23(30)35)22(29)34(32-21)19-9-10-33(2)13-25(19,27)28;1-12-4-9-15(24)10-16(12)21(34)30-11-13-5-7-14(8-6-13)18-17(20(29)33)19(28)32(31-18)22(2,3)23(25,26)27;/h2-7,12H,8-11,13,30H2,1H3,(H2,31,35)(H,32,36);3-8,11,19H,9-10,12-13,29H2,1-2H3,(H2,30,35)(H,31,36);4-10H,11,28H2,1-3H3,(H2,29,33)(H,30,34);1H4. The van der Waals surface area contributed by atoms with Gasteiger partial charge in [-0.25, -0.2) is 36.0 Å². The predicted octanol–water partition coefficient (Wildman–Crippen LogP) is 11.3. The van der Waals surface area contributed by atoms with Crippen LogP contribution in [0.1, 0.15) is 142 Å². The number of anilines is 3. The van der Waals surface area contributed by atoms with E-state index in [-0.39, 0.29) is 103 Å². The Morgan fingerprint density at radius 3 is 1.23 bits per heavy atom. The minimum Gasteiger partial charge on any atom is -0.383 e. The van der Waals surface area contributed by atoms with Crippen molar-refractivity contribution in [2.75, 3.05) is 50.6 Å². The molecule has 2 saturated heterocycles. The molecule has 0 bridgehead atoms. The summed E-state index contributed by atoms with van der Waals surface area (Å²) in [5, 5.41) is 20.5. The predicted molar refractivity (Wildman–Crippen MR) is 381 cm³/mol. The lowest BCUT2D eigenvalue weighted by Crippen LogP contribution is -2.52. The van der Waals surface area contributed by atoms with E-state index in [9.17, 15) is 77.1 Å². The summed E-state index contributed by atoms with van der Waals surface area (Å²) < 4.78 is 161. The van der Waals surface area contributed by atoms with Gasteiger partial charge in [0.05, 0.1) is 6.54 Å². The summed E-state index contributed by atoms with van der Waals surface area (Å²) in [5.74, 6) is -10.1. The van der Waals surface area contributed by atoms with E-state index in [2.05, 4.69) is 31.2 Å². The Bertz CT molecular complexity index is 4840. The molecule has 0 saturated carbocycles. The second kappa shape index (κ2) is 32.6. The summed E-state index contributed by atoms with van der Waals surface area (Å²) in [5.41, 5.74) is 34.3. The largest absolute Gasteiger partial charge is 0.413 e. The lowest BCUT2D eigenvalue weighted by molar-refractivity contribution is -0.238. The van der Waals surface area contributed by atoms with Crippen LogP contribution in [0.25, 0.3) is 33.8 Å². The Labute approximate surface area is 612 Å². The van der Waals surface area contributed by atoms with Crippen LogP contribution < -0.4 is 50.4 Å². The number of piperidine rings is 1. The molecule has 0 aliphatic carbocycles. The average Bonchev–Trinajstić information content (AvgIpc) is 1.46. The number of carbonyl (C=O) groups excluding carboxylic acids is 6. The van der Waals surface area contributed by atoms with E-state index in [1.807, 2.05) is 0 Å². The van der Waals surface area contributed by atoms with E-state index < -0.39 is 119 Å². The number of hydrogen-bond donors (Lipinski definition) is 9. The quantitative estimate of drug-likeness (QED) is 0.0361. The molecule has 6 amide bonds. The molecule has 2 aliphatic heterocycles. The van der Waals surface area contributed by atoms with Crippen molar-refractivity contribution in [2.45, 2.75) is 116 Å². The highest BCUT2D eigenvalue weighted by molar-refractivity contribution is 6.05. The monoisotopic (exact) mass is 1510 g/mol. The van der Waals surface area contributed by atoms with Crippen molar-refractivity contribution in [3.63, 3.8) is 0 Å². The highest BCUT2D eigenvalue weighted by Crippen LogP contribution is 2.47. The summed E-state index contributed by atoms with van der Waals surface area (Å²) in [6.07, 6.45) is -10.1. The number of alkyl halides is 8. The number of likely N-dealkylation sites (tertiary alicyclic amines) is 1. The van der Waals surface area contributed by atoms with Gasteiger partial charge < -0.3 is 60.0 Å². The molecule has 574 valence electrons. The fourth-order valence-electron chi connectivity index (χ4n) is 12.2. The molecule has 2 fully saturated rings. The third kappa shape index (κ3) is 17.6. The van der Waals surface area contributed by atoms with Crippen LogP contribution in [-0.2, 0) is 35.4 Å². The van der Waals surface area contributed by atoms with Crippen LogP contribution in [0.3, 0.4) is 0 Å². The molecule has 15 N–H and O–H groups in total. The van der Waals surface area contributed by atoms with Crippen molar-refractivity contribution in [3.05, 3.63) is 212 Å². The molecule has 0 radical (unpaired) electrons. The Morgan fingerprint density at radius 1 is 0.528 bits per heavy atom. The third-order valence-corrected chi connectivity index (χ3v) is 18.4. The topological polar surface area (TPSA) is 361 Å². The summed E-state index contributed by atoms with van der Waals surface area (Å²) >= 11 is 0. The Kier molecular flexibility index (Phi) is 24.7. The lowest BCUT2D eigenvalue weighted by Gasteiger charge is -2.39. The van der Waals surface area contributed by atoms with Crippen molar-refractivity contribution in [3.8, 4) is 33.8 Å². The zero-order valence-electron chi connectivity index (χ0n) is 58.4. The Balaban J connectivity index is 0.000000203. The van der Waals surface area contributed by atoms with Gasteiger partial charge in [-0.15, -0.1) is 0 Å². The number of nitrogens with two attached hydrogens (primary N) is 6. The number of hydrogen-bond acceptors (Lipinski definition) is 14. The molecule has 23 nitrogen and oxygen atoms in total. The van der Waals surface area contributed by atoms with Gasteiger partial charge in [-0.1, -0.05) is 98.4 Å². The van der Waals surface area contributed by atoms with E-state index in [0.717, 1.165) is 36.2 Å². The zero-order chi connectivity index (χ0) is 78.6. The molecule has 0 spiro atoms. The van der Waals surface area contributed by atoms with Gasteiger partial charge in [-0.05, 0) is 118 Å². The molecule has 3 aromatic heterocycles. The maximum Gasteiger partial charge on any atom is 0.413 e. The zero-order valence-corrected chi connectivity index (χ0v) is 58.4. The molecule has 9 aromatic rings. The van der Waals surface area contributed by atoms with Gasteiger partial charge in [0.1, 0.15) is 74.7 Å². The Hall–Kier alpha value is -11.7. The van der Waals surface area contributed by atoms with Crippen molar-refractivity contribution in [1.82, 2.24) is 50.2 Å². The van der Waals surface area contributed by atoms with Crippen molar-refractivity contribution in [1.29, 1.82) is 0 Å². The molecule has 1 unspecified atom stereocenters. The van der Waals surface area contributed by atoms with Gasteiger partial charge in [-0.3, -0.25) is 28.8 Å². The maximum atomic E-state index is 14.8. The molecule has 34 heteroatoms. The van der Waals surface area contributed by atoms with Gasteiger partial charge >= 0.3 is 12.4 Å². The molecule has 6 aromatic carbocycles. The van der Waals surface area contributed by atoms with Crippen LogP contribution in [0.5, 0.6) is 0 Å². The van der Waals surface area contributed by atoms with Crippen LogP contribution >= 0.6 is 0 Å². The summed E-state index contributed by atoms with van der Waals surface area (Å²) in [7, 11) is 1.61. The summed E-state index contributed by atoms with van der Waals surface area (Å²) in [4.78, 5) is 75.1. The number of rotatable bonds is 18. The SMILES string of the molecule is C.Cc1ccc(F)cc1C(=O)NCc1ccc(-c2nn(C(C)(C)C(F)(F)F)c(N)c2C(N)=O)cc1.Cc1ccc(F)cc1C(=O)NCc1ccc(-c2nn(C3(C(F)(F)F)CCOCC3)c(N)c2C(N)=O)cc1.Cc1ccc(F)cc1C(=O)NCc1ccc(-c2nn(C3CCN(C)CC3(F)F)c(N)c2C(N)=O)cc1. The van der Waals surface area contributed by atoms with Gasteiger partial charge in [0, 0.05) is 85.6 Å². The first-order valence-corrected chi connectivity index (χ1v) is 32.9. The lowest BCUT2D eigenvalue weighted by atomic mass is 9.89. The number of nitrogens with one attached hydrogen (secondary N) is 3. The van der Waals surface area contributed by atoms with E-state index >= 15 is 0 Å². The molecular weight excluding hydrogens is 1430 g/mol. The second-order valence-electron chi connectivity index (χ2n) is 26.2. The average molecular weight is 1510 g/mol. The van der Waals surface area contributed by atoms with Crippen LogP contribution in [-0.4, -0.2) is 121 Å². The first kappa shape index (κ1) is 82.0. The number of nitrogen functional groups attached to an aromatic ring is 3. The Morgan fingerprint density at radius 2 is 0.880 bits per heavy atom. The van der Waals surface area contributed by atoms with Gasteiger partial charge in [0.2, 0.25) is 0 Å². The molecule has 1 atom stereocenters. The number of primary amides is 3. The van der Waals surface area contributed by atoms with Crippen molar-refractivity contribution < 1.29 is 81.8 Å². The number of carbonyl (C=O) groups is 6. The summed E-state index contributed by atoms with van der Waals surface area (Å²) in [6.45, 7) is 6.92. The van der Waals surface area contributed by atoms with E-state index in [4.69, 9.17) is 39.1 Å². The van der Waals surface area contributed by atoms with Crippen molar-refractivity contribution >= 4 is 52.9 Å². The number of nitrogens with zero attached hydrogens (tertiary/aromatic N) is 7. The molecule has 5 heterocycles. The van der Waals surface area contributed by atoms with Crippen LogP contribution in [0.4, 0.5) is 65.7 Å². The maximum absolute atomic E-state index is 14.8. The van der Waals surface area contributed by atoms with Gasteiger partial charge in [0.25, 0.3) is 41.4 Å². The van der Waals surface area contributed by atoms with Crippen LogP contribution in [0, 0.1) is 38.2 Å². The van der Waals surface area contributed by atoms with E-state index in [1.165, 1.54) is 71.6 Å². The fourth-order valence-corrected chi connectivity index (χ4v) is 12.2. The molecular formula is C74H79F11N16O7. The first-order chi connectivity index (χ1) is 50.2. The number of amides is 6. The smallest absolute Gasteiger partial charge is 0.383 e.